The highest BCUT2D eigenvalue weighted by Gasteiger charge is 2.08. The van der Waals surface area contributed by atoms with E-state index in [1.165, 1.54) is 37.5 Å². The second-order valence-electron chi connectivity index (χ2n) is 3.47. The Hall–Kier alpha value is -1.81. The summed E-state index contributed by atoms with van der Waals surface area (Å²) in [5, 5.41) is 0.259. The van der Waals surface area contributed by atoms with Gasteiger partial charge in [-0.2, -0.15) is 0 Å². The van der Waals surface area contributed by atoms with Crippen LogP contribution >= 0.6 is 11.6 Å². The van der Waals surface area contributed by atoms with E-state index >= 15 is 0 Å². The Labute approximate surface area is 102 Å². The zero-order valence-electron chi connectivity index (χ0n) is 8.95. The Morgan fingerprint density at radius 1 is 1.29 bits per heavy atom. The molecule has 0 atom stereocenters. The summed E-state index contributed by atoms with van der Waals surface area (Å²) in [7, 11) is 0. The predicted molar refractivity (Wildman–Crippen MR) is 62.4 cm³/mol. The second kappa shape index (κ2) is 4.59. The molecule has 2 rings (SSSR count). The summed E-state index contributed by atoms with van der Waals surface area (Å²) in [6.07, 6.45) is 2.81. The van der Waals surface area contributed by atoms with Gasteiger partial charge in [0.1, 0.15) is 11.5 Å². The van der Waals surface area contributed by atoms with Crippen LogP contribution in [-0.2, 0) is 0 Å². The highest BCUT2D eigenvalue weighted by Crippen LogP contribution is 2.26. The van der Waals surface area contributed by atoms with Gasteiger partial charge >= 0.3 is 0 Å². The molecule has 0 bridgehead atoms. The van der Waals surface area contributed by atoms with E-state index < -0.39 is 5.82 Å². The summed E-state index contributed by atoms with van der Waals surface area (Å²) >= 11 is 5.89. The first-order chi connectivity index (χ1) is 8.08. The van der Waals surface area contributed by atoms with Crippen LogP contribution in [0.3, 0.4) is 0 Å². The summed E-state index contributed by atoms with van der Waals surface area (Å²) in [4.78, 5) is 19.1. The van der Waals surface area contributed by atoms with Crippen LogP contribution < -0.4 is 0 Å². The Kier molecular flexibility index (Phi) is 3.15. The van der Waals surface area contributed by atoms with E-state index in [9.17, 15) is 9.18 Å². The Morgan fingerprint density at radius 2 is 2.06 bits per heavy atom. The summed E-state index contributed by atoms with van der Waals surface area (Å²) in [6.45, 7) is 1.41. The molecule has 0 N–H and O–H groups in total. The first kappa shape index (κ1) is 11.7. The predicted octanol–water partition coefficient (Wildman–Crippen LogP) is 3.14. The normalized spacial score (nSPS) is 10.3. The number of nitrogens with zero attached hydrogens (tertiary/aromatic N) is 2. The number of rotatable bonds is 2. The summed E-state index contributed by atoms with van der Waals surface area (Å²) in [5.41, 5.74) is 1.36. The van der Waals surface area contributed by atoms with Crippen molar-refractivity contribution >= 4 is 17.4 Å². The van der Waals surface area contributed by atoms with Crippen LogP contribution in [0.15, 0.2) is 30.6 Å². The molecular weight excluding hydrogens is 243 g/mol. The smallest absolute Gasteiger partial charge is 0.179 e. The summed E-state index contributed by atoms with van der Waals surface area (Å²) < 4.78 is 12.9. The molecule has 0 unspecified atom stereocenters. The van der Waals surface area contributed by atoms with E-state index in [2.05, 4.69) is 9.97 Å². The minimum Gasteiger partial charge on any atom is -0.293 e. The van der Waals surface area contributed by atoms with Crippen molar-refractivity contribution in [2.24, 2.45) is 0 Å². The molecule has 0 amide bonds. The molecule has 2 aromatic rings. The fourth-order valence-electron chi connectivity index (χ4n) is 1.35. The molecule has 0 aliphatic rings. The van der Waals surface area contributed by atoms with E-state index in [1.54, 1.807) is 0 Å². The Bertz CT molecular complexity index is 569. The van der Waals surface area contributed by atoms with Crippen molar-refractivity contribution in [2.45, 2.75) is 6.92 Å². The maximum absolute atomic E-state index is 12.9. The van der Waals surface area contributed by atoms with Crippen LogP contribution in [0.2, 0.25) is 5.02 Å². The first-order valence-electron chi connectivity index (χ1n) is 4.86. The molecule has 17 heavy (non-hydrogen) atoms. The average molecular weight is 251 g/mol. The number of benzene rings is 1. The number of aromatic nitrogens is 2. The third-order valence-corrected chi connectivity index (χ3v) is 2.53. The molecule has 0 aliphatic carbocycles. The number of hydrogen-bond donors (Lipinski definition) is 0. The molecular formula is C12H8ClFN2O. The van der Waals surface area contributed by atoms with Crippen LogP contribution in [0.25, 0.3) is 11.3 Å². The van der Waals surface area contributed by atoms with Gasteiger partial charge in [-0.15, -0.1) is 0 Å². The number of Topliss-reactive ketones (excluding diaryl/α,β-unsaturated/α-hetero) is 1. The van der Waals surface area contributed by atoms with Crippen LogP contribution in [0.4, 0.5) is 4.39 Å². The number of ketones is 1. The Balaban J connectivity index is 2.43. The van der Waals surface area contributed by atoms with Gasteiger partial charge in [-0.3, -0.25) is 9.78 Å². The van der Waals surface area contributed by atoms with Crippen LogP contribution in [0.5, 0.6) is 0 Å². The third kappa shape index (κ3) is 2.47. The van der Waals surface area contributed by atoms with Crippen molar-refractivity contribution in [1.82, 2.24) is 9.97 Å². The zero-order valence-corrected chi connectivity index (χ0v) is 9.70. The largest absolute Gasteiger partial charge is 0.293 e. The van der Waals surface area contributed by atoms with Gasteiger partial charge in [0.2, 0.25) is 0 Å². The van der Waals surface area contributed by atoms with E-state index in [4.69, 9.17) is 11.6 Å². The van der Waals surface area contributed by atoms with E-state index in [0.717, 1.165) is 0 Å². The molecule has 86 valence electrons. The van der Waals surface area contributed by atoms with Gasteiger partial charge in [-0.1, -0.05) is 11.6 Å². The average Bonchev–Trinajstić information content (AvgIpc) is 2.29. The highest BCUT2D eigenvalue weighted by atomic mass is 35.5. The van der Waals surface area contributed by atoms with Gasteiger partial charge in [0.15, 0.2) is 5.78 Å². The van der Waals surface area contributed by atoms with E-state index in [-0.39, 0.29) is 16.5 Å². The summed E-state index contributed by atoms with van der Waals surface area (Å²) in [6, 6.07) is 4.02. The molecule has 0 saturated heterocycles. The lowest BCUT2D eigenvalue weighted by Crippen LogP contribution is -1.98. The standard InChI is InChI=1S/C12H8ClFN2O/c1-7(17)11-5-16-12(6-15-11)9-3-2-8(14)4-10(9)13/h2-6H,1H3. The van der Waals surface area contributed by atoms with Crippen LogP contribution in [0.1, 0.15) is 17.4 Å². The van der Waals surface area contributed by atoms with Crippen molar-refractivity contribution in [1.29, 1.82) is 0 Å². The highest BCUT2D eigenvalue weighted by molar-refractivity contribution is 6.33. The molecule has 0 aliphatic heterocycles. The fraction of sp³-hybridized carbons (Fsp3) is 0.0833. The molecule has 1 aromatic carbocycles. The first-order valence-corrected chi connectivity index (χ1v) is 5.24. The minimum atomic E-state index is -0.410. The second-order valence-corrected chi connectivity index (χ2v) is 3.87. The number of hydrogen-bond acceptors (Lipinski definition) is 3. The van der Waals surface area contributed by atoms with Crippen LogP contribution in [0, 0.1) is 5.82 Å². The lowest BCUT2D eigenvalue weighted by Gasteiger charge is -2.03. The topological polar surface area (TPSA) is 42.9 Å². The third-order valence-electron chi connectivity index (χ3n) is 2.22. The quantitative estimate of drug-likeness (QED) is 0.769. The SMILES string of the molecule is CC(=O)c1cnc(-c2ccc(F)cc2Cl)cn1. The lowest BCUT2D eigenvalue weighted by atomic mass is 10.1. The molecule has 3 nitrogen and oxygen atoms in total. The van der Waals surface area contributed by atoms with Crippen LogP contribution in [-0.4, -0.2) is 15.8 Å². The maximum Gasteiger partial charge on any atom is 0.179 e. The van der Waals surface area contributed by atoms with Gasteiger partial charge in [0.25, 0.3) is 0 Å². The molecule has 1 heterocycles. The van der Waals surface area contributed by atoms with Crippen molar-refractivity contribution in [3.8, 4) is 11.3 Å². The molecule has 0 radical (unpaired) electrons. The van der Waals surface area contributed by atoms with Gasteiger partial charge in [-0.25, -0.2) is 9.37 Å². The van der Waals surface area contributed by atoms with Crippen molar-refractivity contribution in [3.05, 3.63) is 47.1 Å². The molecule has 5 heteroatoms. The van der Waals surface area contributed by atoms with Gasteiger partial charge in [-0.05, 0) is 18.2 Å². The maximum atomic E-state index is 12.9. The zero-order chi connectivity index (χ0) is 12.4. The molecule has 1 aromatic heterocycles. The molecule has 0 fully saturated rings. The van der Waals surface area contributed by atoms with E-state index in [0.29, 0.717) is 11.3 Å². The fourth-order valence-corrected chi connectivity index (χ4v) is 1.61. The minimum absolute atomic E-state index is 0.158. The van der Waals surface area contributed by atoms with Gasteiger partial charge < -0.3 is 0 Å². The molecule has 0 saturated carbocycles. The Morgan fingerprint density at radius 3 is 2.59 bits per heavy atom. The number of carbonyl (C=O) groups excluding carboxylic acids is 1. The molecule has 0 spiro atoms. The van der Waals surface area contributed by atoms with Crippen molar-refractivity contribution < 1.29 is 9.18 Å². The number of halogens is 2. The van der Waals surface area contributed by atoms with Crippen molar-refractivity contribution in [3.63, 3.8) is 0 Å². The van der Waals surface area contributed by atoms with Gasteiger partial charge in [0.05, 0.1) is 23.1 Å². The number of carbonyl (C=O) groups is 1. The summed E-state index contributed by atoms with van der Waals surface area (Å²) in [5.74, 6) is -0.568. The van der Waals surface area contributed by atoms with Gasteiger partial charge in [0, 0.05) is 12.5 Å². The lowest BCUT2D eigenvalue weighted by molar-refractivity contribution is 0.101. The van der Waals surface area contributed by atoms with Crippen molar-refractivity contribution in [2.75, 3.05) is 0 Å². The van der Waals surface area contributed by atoms with E-state index in [1.807, 2.05) is 0 Å². The monoisotopic (exact) mass is 250 g/mol.